The first-order valence-electron chi connectivity index (χ1n) is 6.50. The van der Waals surface area contributed by atoms with Crippen molar-refractivity contribution in [1.29, 1.82) is 0 Å². The predicted molar refractivity (Wildman–Crippen MR) is 73.2 cm³/mol. The molecular formula is C14H19NO2S. The van der Waals surface area contributed by atoms with Crippen LogP contribution in [0.25, 0.3) is 0 Å². The van der Waals surface area contributed by atoms with E-state index >= 15 is 0 Å². The van der Waals surface area contributed by atoms with E-state index in [1.807, 2.05) is 12.1 Å². The first-order chi connectivity index (χ1) is 8.66. The van der Waals surface area contributed by atoms with Crippen LogP contribution in [0.4, 0.5) is 0 Å². The third kappa shape index (κ3) is 3.48. The van der Waals surface area contributed by atoms with Crippen molar-refractivity contribution in [3.05, 3.63) is 23.4 Å². The van der Waals surface area contributed by atoms with E-state index < -0.39 is 5.97 Å². The molecule has 0 radical (unpaired) electrons. The van der Waals surface area contributed by atoms with Gasteiger partial charge in [-0.1, -0.05) is 25.3 Å². The highest BCUT2D eigenvalue weighted by Crippen LogP contribution is 2.29. The fourth-order valence-corrected chi connectivity index (χ4v) is 3.42. The molecule has 0 saturated heterocycles. The molecule has 0 spiro atoms. The number of aromatic carboxylic acids is 1. The Morgan fingerprint density at radius 3 is 2.78 bits per heavy atom. The van der Waals surface area contributed by atoms with Crippen LogP contribution in [0, 0.1) is 12.8 Å². The molecule has 4 heteroatoms. The van der Waals surface area contributed by atoms with Crippen molar-refractivity contribution in [2.75, 3.05) is 5.75 Å². The molecule has 1 aliphatic carbocycles. The lowest BCUT2D eigenvalue weighted by Crippen LogP contribution is -2.09. The van der Waals surface area contributed by atoms with Crippen LogP contribution in [0.1, 0.15) is 48.2 Å². The van der Waals surface area contributed by atoms with Gasteiger partial charge in [-0.2, -0.15) is 0 Å². The van der Waals surface area contributed by atoms with E-state index in [0.717, 1.165) is 22.3 Å². The number of aryl methyl sites for hydroxylation is 1. The molecule has 3 nitrogen and oxygen atoms in total. The third-order valence-corrected chi connectivity index (χ3v) is 4.63. The lowest BCUT2D eigenvalue weighted by molar-refractivity contribution is 0.0689. The maximum absolute atomic E-state index is 11.0. The molecule has 0 amide bonds. The van der Waals surface area contributed by atoms with Crippen molar-refractivity contribution in [1.82, 2.24) is 4.98 Å². The van der Waals surface area contributed by atoms with Gasteiger partial charge in [0.1, 0.15) is 0 Å². The standard InChI is InChI=1S/C14H19NO2S/c1-10-7-8-12(15-13(10)14(16)17)18-9-11-5-3-2-4-6-11/h7-8,11H,2-6,9H2,1H3,(H,16,17). The molecule has 0 aliphatic heterocycles. The van der Waals surface area contributed by atoms with E-state index in [0.29, 0.717) is 0 Å². The first kappa shape index (κ1) is 13.4. The van der Waals surface area contributed by atoms with E-state index in [4.69, 9.17) is 5.11 Å². The van der Waals surface area contributed by atoms with Crippen molar-refractivity contribution >= 4 is 17.7 Å². The topological polar surface area (TPSA) is 50.2 Å². The van der Waals surface area contributed by atoms with E-state index in [-0.39, 0.29) is 5.69 Å². The van der Waals surface area contributed by atoms with Gasteiger partial charge in [0.05, 0.1) is 5.03 Å². The summed E-state index contributed by atoms with van der Waals surface area (Å²) in [6, 6.07) is 3.77. The summed E-state index contributed by atoms with van der Waals surface area (Å²) in [5.74, 6) is 0.905. The molecule has 1 saturated carbocycles. The number of hydrogen-bond donors (Lipinski definition) is 1. The van der Waals surface area contributed by atoms with Gasteiger partial charge in [0, 0.05) is 5.75 Å². The van der Waals surface area contributed by atoms with E-state index in [2.05, 4.69) is 4.98 Å². The van der Waals surface area contributed by atoms with Gasteiger partial charge < -0.3 is 5.11 Å². The third-order valence-electron chi connectivity index (χ3n) is 3.47. The Morgan fingerprint density at radius 2 is 2.11 bits per heavy atom. The van der Waals surface area contributed by atoms with Crippen LogP contribution in [0.2, 0.25) is 0 Å². The number of carbonyl (C=O) groups is 1. The fraction of sp³-hybridized carbons (Fsp3) is 0.571. The van der Waals surface area contributed by atoms with Gasteiger partial charge >= 0.3 is 5.97 Å². The molecule has 1 aromatic rings. The summed E-state index contributed by atoms with van der Waals surface area (Å²) in [4.78, 5) is 15.2. The average Bonchev–Trinajstić information content (AvgIpc) is 2.38. The smallest absolute Gasteiger partial charge is 0.354 e. The predicted octanol–water partition coefficient (Wildman–Crippen LogP) is 3.76. The van der Waals surface area contributed by atoms with Gasteiger partial charge in [0.15, 0.2) is 5.69 Å². The highest BCUT2D eigenvalue weighted by atomic mass is 32.2. The van der Waals surface area contributed by atoms with Crippen LogP contribution in [-0.2, 0) is 0 Å². The summed E-state index contributed by atoms with van der Waals surface area (Å²) < 4.78 is 0. The molecule has 0 bridgehead atoms. The Balaban J connectivity index is 1.96. The molecule has 0 atom stereocenters. The minimum atomic E-state index is -0.937. The van der Waals surface area contributed by atoms with Crippen LogP contribution in [-0.4, -0.2) is 21.8 Å². The molecule has 0 unspecified atom stereocenters. The number of hydrogen-bond acceptors (Lipinski definition) is 3. The minimum absolute atomic E-state index is 0.184. The van der Waals surface area contributed by atoms with Gasteiger partial charge in [-0.05, 0) is 37.3 Å². The maximum atomic E-state index is 11.0. The molecule has 1 heterocycles. The zero-order valence-electron chi connectivity index (χ0n) is 10.7. The Hall–Kier alpha value is -1.03. The Morgan fingerprint density at radius 1 is 1.39 bits per heavy atom. The van der Waals surface area contributed by atoms with Crippen LogP contribution >= 0.6 is 11.8 Å². The normalized spacial score (nSPS) is 16.7. The van der Waals surface area contributed by atoms with Crippen molar-refractivity contribution in [2.24, 2.45) is 5.92 Å². The number of thioether (sulfide) groups is 1. The summed E-state index contributed by atoms with van der Waals surface area (Å²) in [5.41, 5.74) is 0.910. The van der Waals surface area contributed by atoms with Crippen molar-refractivity contribution in [3.63, 3.8) is 0 Å². The number of carboxylic acid groups (broad SMARTS) is 1. The van der Waals surface area contributed by atoms with Gasteiger partial charge in [0.2, 0.25) is 0 Å². The second-order valence-corrected chi connectivity index (χ2v) is 5.98. The number of nitrogens with zero attached hydrogens (tertiary/aromatic N) is 1. The van der Waals surface area contributed by atoms with Gasteiger partial charge in [-0.15, -0.1) is 11.8 Å². The minimum Gasteiger partial charge on any atom is -0.477 e. The summed E-state index contributed by atoms with van der Waals surface area (Å²) >= 11 is 1.69. The second kappa shape index (κ2) is 6.23. The van der Waals surface area contributed by atoms with Crippen molar-refractivity contribution in [3.8, 4) is 0 Å². The highest BCUT2D eigenvalue weighted by molar-refractivity contribution is 7.99. The van der Waals surface area contributed by atoms with Gasteiger partial charge in [-0.3, -0.25) is 0 Å². The summed E-state index contributed by atoms with van der Waals surface area (Å²) in [7, 11) is 0. The van der Waals surface area contributed by atoms with Gasteiger partial charge in [-0.25, -0.2) is 9.78 Å². The number of carboxylic acids is 1. The quantitative estimate of drug-likeness (QED) is 0.842. The van der Waals surface area contributed by atoms with Crippen LogP contribution < -0.4 is 0 Å². The summed E-state index contributed by atoms with van der Waals surface area (Å²) in [6.45, 7) is 1.78. The van der Waals surface area contributed by atoms with Crippen LogP contribution in [0.15, 0.2) is 17.2 Å². The lowest BCUT2D eigenvalue weighted by atomic mass is 9.91. The SMILES string of the molecule is Cc1ccc(SCC2CCCCC2)nc1C(=O)O. The summed E-state index contributed by atoms with van der Waals surface area (Å²) in [6.07, 6.45) is 6.67. The lowest BCUT2D eigenvalue weighted by Gasteiger charge is -2.20. The van der Waals surface area contributed by atoms with E-state index in [1.165, 1.54) is 32.1 Å². The average molecular weight is 265 g/mol. The monoisotopic (exact) mass is 265 g/mol. The molecule has 98 valence electrons. The zero-order chi connectivity index (χ0) is 13.0. The largest absolute Gasteiger partial charge is 0.477 e. The van der Waals surface area contributed by atoms with E-state index in [9.17, 15) is 4.79 Å². The molecule has 18 heavy (non-hydrogen) atoms. The van der Waals surface area contributed by atoms with Crippen LogP contribution in [0.3, 0.4) is 0 Å². The molecule has 0 aromatic carbocycles. The molecule has 1 fully saturated rings. The molecular weight excluding hydrogens is 246 g/mol. The van der Waals surface area contributed by atoms with Crippen LogP contribution in [0.5, 0.6) is 0 Å². The Kier molecular flexibility index (Phi) is 4.64. The highest BCUT2D eigenvalue weighted by Gasteiger charge is 2.15. The summed E-state index contributed by atoms with van der Waals surface area (Å²) in [5, 5.41) is 9.87. The Bertz CT molecular complexity index is 428. The number of aromatic nitrogens is 1. The number of pyridine rings is 1. The van der Waals surface area contributed by atoms with Crippen molar-refractivity contribution in [2.45, 2.75) is 44.1 Å². The molecule has 1 aromatic heterocycles. The Labute approximate surface area is 112 Å². The van der Waals surface area contributed by atoms with Gasteiger partial charge in [0.25, 0.3) is 0 Å². The second-order valence-electron chi connectivity index (χ2n) is 4.94. The maximum Gasteiger partial charge on any atom is 0.354 e. The van der Waals surface area contributed by atoms with E-state index in [1.54, 1.807) is 18.7 Å². The fourth-order valence-electron chi connectivity index (χ4n) is 2.36. The first-order valence-corrected chi connectivity index (χ1v) is 7.49. The zero-order valence-corrected chi connectivity index (χ0v) is 11.5. The molecule has 1 aliphatic rings. The molecule has 1 N–H and O–H groups in total. The number of rotatable bonds is 4. The molecule has 2 rings (SSSR count). The van der Waals surface area contributed by atoms with Crippen molar-refractivity contribution < 1.29 is 9.90 Å².